The van der Waals surface area contributed by atoms with E-state index in [0.29, 0.717) is 0 Å². The molecule has 0 aliphatic carbocycles. The van der Waals surface area contributed by atoms with Gasteiger partial charge in [-0.3, -0.25) is 9.69 Å². The molecule has 0 atom stereocenters. The zero-order chi connectivity index (χ0) is 10.9. The van der Waals surface area contributed by atoms with Crippen molar-refractivity contribution in [2.45, 2.75) is 12.8 Å². The van der Waals surface area contributed by atoms with E-state index in [-0.39, 0.29) is 6.54 Å². The van der Waals surface area contributed by atoms with Crippen LogP contribution in [0.15, 0.2) is 0 Å². The van der Waals surface area contributed by atoms with E-state index >= 15 is 0 Å². The van der Waals surface area contributed by atoms with Crippen LogP contribution in [0.5, 0.6) is 0 Å². The molecular weight excluding hydrogens is 194 g/mol. The molecule has 0 aromatic carbocycles. The van der Waals surface area contributed by atoms with Crippen molar-refractivity contribution in [1.82, 2.24) is 15.5 Å². The Morgan fingerprint density at radius 3 is 2.47 bits per heavy atom. The van der Waals surface area contributed by atoms with Gasteiger partial charge in [0.15, 0.2) is 0 Å². The SMILES string of the molecule is O=C(O)CN1CCCNCCCNCC1. The van der Waals surface area contributed by atoms with Crippen molar-refractivity contribution in [1.29, 1.82) is 0 Å². The number of hydrogen-bond donors (Lipinski definition) is 3. The van der Waals surface area contributed by atoms with Crippen LogP contribution in [0.3, 0.4) is 0 Å². The molecule has 1 aliphatic heterocycles. The van der Waals surface area contributed by atoms with Gasteiger partial charge in [0.05, 0.1) is 6.54 Å². The van der Waals surface area contributed by atoms with E-state index in [0.717, 1.165) is 52.1 Å². The highest BCUT2D eigenvalue weighted by atomic mass is 16.4. The van der Waals surface area contributed by atoms with Crippen LogP contribution >= 0.6 is 0 Å². The van der Waals surface area contributed by atoms with Gasteiger partial charge in [-0.05, 0) is 39.0 Å². The van der Waals surface area contributed by atoms with E-state index in [9.17, 15) is 4.79 Å². The summed E-state index contributed by atoms with van der Waals surface area (Å²) in [4.78, 5) is 12.6. The van der Waals surface area contributed by atoms with Gasteiger partial charge in [-0.2, -0.15) is 0 Å². The van der Waals surface area contributed by atoms with Crippen molar-refractivity contribution in [2.24, 2.45) is 0 Å². The minimum atomic E-state index is -0.738. The lowest BCUT2D eigenvalue weighted by Crippen LogP contribution is -2.36. The largest absolute Gasteiger partial charge is 0.480 e. The normalized spacial score (nSPS) is 21.9. The number of nitrogens with zero attached hydrogens (tertiary/aromatic N) is 1. The molecule has 0 unspecified atom stereocenters. The minimum Gasteiger partial charge on any atom is -0.480 e. The second-order valence-corrected chi connectivity index (χ2v) is 3.88. The highest BCUT2D eigenvalue weighted by molar-refractivity contribution is 5.69. The van der Waals surface area contributed by atoms with Crippen molar-refractivity contribution in [3.63, 3.8) is 0 Å². The van der Waals surface area contributed by atoms with Crippen LogP contribution in [-0.2, 0) is 4.79 Å². The molecule has 1 fully saturated rings. The summed E-state index contributed by atoms with van der Waals surface area (Å²) in [7, 11) is 0. The molecule has 1 heterocycles. The van der Waals surface area contributed by atoms with Crippen molar-refractivity contribution >= 4 is 5.97 Å². The molecule has 15 heavy (non-hydrogen) atoms. The molecule has 0 bridgehead atoms. The number of carbonyl (C=O) groups is 1. The molecule has 0 amide bonds. The molecule has 5 heteroatoms. The highest BCUT2D eigenvalue weighted by Gasteiger charge is 2.09. The zero-order valence-electron chi connectivity index (χ0n) is 9.17. The molecule has 1 aliphatic rings. The predicted molar refractivity (Wildman–Crippen MR) is 59.0 cm³/mol. The summed E-state index contributed by atoms with van der Waals surface area (Å²) in [5.74, 6) is -0.738. The summed E-state index contributed by atoms with van der Waals surface area (Å²) in [6, 6.07) is 0. The van der Waals surface area contributed by atoms with E-state index in [1.807, 2.05) is 4.90 Å². The van der Waals surface area contributed by atoms with E-state index in [1.165, 1.54) is 0 Å². The second-order valence-electron chi connectivity index (χ2n) is 3.88. The molecule has 0 aromatic heterocycles. The fourth-order valence-corrected chi connectivity index (χ4v) is 1.71. The molecule has 0 radical (unpaired) electrons. The van der Waals surface area contributed by atoms with Gasteiger partial charge in [0.25, 0.3) is 0 Å². The first-order valence-electron chi connectivity index (χ1n) is 5.64. The summed E-state index contributed by atoms with van der Waals surface area (Å²) in [5.41, 5.74) is 0. The first-order valence-corrected chi connectivity index (χ1v) is 5.64. The number of aliphatic carboxylic acids is 1. The number of carboxylic acids is 1. The number of hydrogen-bond acceptors (Lipinski definition) is 4. The average Bonchev–Trinajstić information content (AvgIpc) is 2.23. The molecule has 3 N–H and O–H groups in total. The van der Waals surface area contributed by atoms with E-state index in [4.69, 9.17) is 5.11 Å². The lowest BCUT2D eigenvalue weighted by molar-refractivity contribution is -0.138. The topological polar surface area (TPSA) is 64.6 Å². The smallest absolute Gasteiger partial charge is 0.317 e. The number of rotatable bonds is 2. The standard InChI is InChI=1S/C10H21N3O2/c14-10(15)9-13-7-2-5-11-3-1-4-12-6-8-13/h11-12H,1-9H2,(H,14,15). The molecule has 0 spiro atoms. The monoisotopic (exact) mass is 215 g/mol. The number of nitrogens with one attached hydrogen (secondary N) is 2. The predicted octanol–water partition coefficient (Wildman–Crippen LogP) is -0.654. The molecule has 1 saturated heterocycles. The maximum Gasteiger partial charge on any atom is 0.317 e. The summed E-state index contributed by atoms with van der Waals surface area (Å²) in [5, 5.41) is 15.4. The zero-order valence-corrected chi connectivity index (χ0v) is 9.17. The van der Waals surface area contributed by atoms with E-state index in [1.54, 1.807) is 0 Å². The molecule has 0 aromatic rings. The lowest BCUT2D eigenvalue weighted by atomic mass is 10.3. The Hall–Kier alpha value is -0.650. The van der Waals surface area contributed by atoms with E-state index < -0.39 is 5.97 Å². The Balaban J connectivity index is 2.28. The van der Waals surface area contributed by atoms with Crippen LogP contribution in [0.1, 0.15) is 12.8 Å². The molecule has 5 nitrogen and oxygen atoms in total. The first kappa shape index (κ1) is 12.4. The lowest BCUT2D eigenvalue weighted by Gasteiger charge is -2.19. The highest BCUT2D eigenvalue weighted by Crippen LogP contribution is 1.92. The molecular formula is C10H21N3O2. The second kappa shape index (κ2) is 7.62. The fourth-order valence-electron chi connectivity index (χ4n) is 1.71. The van der Waals surface area contributed by atoms with E-state index in [2.05, 4.69) is 10.6 Å². The number of carboxylic acid groups (broad SMARTS) is 1. The van der Waals surface area contributed by atoms with Crippen molar-refractivity contribution in [3.8, 4) is 0 Å². The van der Waals surface area contributed by atoms with Crippen LogP contribution in [0, 0.1) is 0 Å². The fraction of sp³-hybridized carbons (Fsp3) is 0.900. The quantitative estimate of drug-likeness (QED) is 0.571. The summed E-state index contributed by atoms with van der Waals surface area (Å²) in [6.45, 7) is 5.76. The third-order valence-electron chi connectivity index (χ3n) is 2.50. The maximum atomic E-state index is 10.6. The van der Waals surface area contributed by atoms with Gasteiger partial charge >= 0.3 is 5.97 Å². The Morgan fingerprint density at radius 2 is 1.73 bits per heavy atom. The first-order chi connectivity index (χ1) is 7.29. The minimum absolute atomic E-state index is 0.154. The van der Waals surface area contributed by atoms with Gasteiger partial charge in [-0.15, -0.1) is 0 Å². The van der Waals surface area contributed by atoms with Crippen LogP contribution in [0.4, 0.5) is 0 Å². The van der Waals surface area contributed by atoms with Crippen LogP contribution in [0.25, 0.3) is 0 Å². The summed E-state index contributed by atoms with van der Waals surface area (Å²) >= 11 is 0. The molecule has 1 rings (SSSR count). The average molecular weight is 215 g/mol. The third-order valence-corrected chi connectivity index (χ3v) is 2.50. The van der Waals surface area contributed by atoms with Crippen LogP contribution in [0.2, 0.25) is 0 Å². The van der Waals surface area contributed by atoms with Gasteiger partial charge in [-0.25, -0.2) is 0 Å². The Morgan fingerprint density at radius 1 is 1.07 bits per heavy atom. The van der Waals surface area contributed by atoms with Gasteiger partial charge in [0.2, 0.25) is 0 Å². The van der Waals surface area contributed by atoms with Crippen molar-refractivity contribution < 1.29 is 9.90 Å². The Kier molecular flexibility index (Phi) is 6.31. The van der Waals surface area contributed by atoms with Gasteiger partial charge in [-0.1, -0.05) is 0 Å². The van der Waals surface area contributed by atoms with Crippen LogP contribution in [-0.4, -0.2) is 61.8 Å². The summed E-state index contributed by atoms with van der Waals surface area (Å²) < 4.78 is 0. The van der Waals surface area contributed by atoms with Crippen molar-refractivity contribution in [2.75, 3.05) is 45.8 Å². The third kappa shape index (κ3) is 6.43. The van der Waals surface area contributed by atoms with Crippen LogP contribution < -0.4 is 10.6 Å². The molecule has 88 valence electrons. The van der Waals surface area contributed by atoms with Gasteiger partial charge in [0, 0.05) is 13.1 Å². The maximum absolute atomic E-state index is 10.6. The Labute approximate surface area is 90.8 Å². The van der Waals surface area contributed by atoms with Gasteiger partial charge < -0.3 is 15.7 Å². The molecule has 0 saturated carbocycles. The van der Waals surface area contributed by atoms with Crippen molar-refractivity contribution in [3.05, 3.63) is 0 Å². The Bertz CT molecular complexity index is 176. The summed E-state index contributed by atoms with van der Waals surface area (Å²) in [6.07, 6.45) is 2.16. The van der Waals surface area contributed by atoms with Gasteiger partial charge in [0.1, 0.15) is 0 Å².